The van der Waals surface area contributed by atoms with Gasteiger partial charge in [0.2, 0.25) is 0 Å². The van der Waals surface area contributed by atoms with Crippen LogP contribution >= 0.6 is 11.6 Å². The number of aromatic nitrogens is 1. The van der Waals surface area contributed by atoms with Gasteiger partial charge >= 0.3 is 0 Å². The highest BCUT2D eigenvalue weighted by Crippen LogP contribution is 2.31. The fourth-order valence-electron chi connectivity index (χ4n) is 3.02. The van der Waals surface area contributed by atoms with E-state index < -0.39 is 0 Å². The third-order valence-corrected chi connectivity index (χ3v) is 4.53. The van der Waals surface area contributed by atoms with Crippen LogP contribution in [0.4, 0.5) is 5.82 Å². The second-order valence-electron chi connectivity index (χ2n) is 5.74. The molecule has 0 N–H and O–H groups in total. The van der Waals surface area contributed by atoms with Crippen molar-refractivity contribution in [1.29, 1.82) is 0 Å². The molecule has 1 amide bonds. The monoisotopic (exact) mass is 338 g/mol. The molecule has 0 spiro atoms. The molecule has 0 bridgehead atoms. The van der Waals surface area contributed by atoms with E-state index in [9.17, 15) is 4.79 Å². The molecular formula is C19H15ClN2O2. The van der Waals surface area contributed by atoms with Crippen LogP contribution in [0.5, 0.6) is 5.75 Å². The number of halogens is 1. The van der Waals surface area contributed by atoms with Crippen LogP contribution in [0.3, 0.4) is 0 Å². The van der Waals surface area contributed by atoms with Crippen molar-refractivity contribution in [1.82, 2.24) is 4.98 Å². The van der Waals surface area contributed by atoms with Crippen molar-refractivity contribution in [2.45, 2.75) is 6.42 Å². The molecule has 0 unspecified atom stereocenters. The maximum Gasteiger partial charge on any atom is 0.259 e. The molecule has 0 saturated carbocycles. The number of rotatable bonds is 2. The smallest absolute Gasteiger partial charge is 0.259 e. The summed E-state index contributed by atoms with van der Waals surface area (Å²) >= 11 is 5.90. The van der Waals surface area contributed by atoms with E-state index in [2.05, 4.69) is 6.07 Å². The zero-order valence-corrected chi connectivity index (χ0v) is 13.9. The van der Waals surface area contributed by atoms with Gasteiger partial charge in [-0.25, -0.2) is 4.98 Å². The standard InChI is InChI=1S/C19H15ClN2O2/c1-24-16-6-7-17-14(11-16)10-13-8-9-22(18(13)21-17)19(23)12-2-4-15(20)5-3-12/h2-7,10-11H,8-9H2,1H3. The lowest BCUT2D eigenvalue weighted by Gasteiger charge is -2.17. The van der Waals surface area contributed by atoms with Gasteiger partial charge in [0, 0.05) is 22.5 Å². The van der Waals surface area contributed by atoms with Gasteiger partial charge in [-0.05, 0) is 60.5 Å². The van der Waals surface area contributed by atoms with Crippen molar-refractivity contribution in [3.8, 4) is 5.75 Å². The van der Waals surface area contributed by atoms with Gasteiger partial charge < -0.3 is 4.74 Å². The number of pyridine rings is 1. The topological polar surface area (TPSA) is 42.4 Å². The Balaban J connectivity index is 1.74. The lowest BCUT2D eigenvalue weighted by molar-refractivity contribution is 0.0989. The molecule has 3 aromatic rings. The first-order valence-corrected chi connectivity index (χ1v) is 8.08. The van der Waals surface area contributed by atoms with Crippen LogP contribution in [0, 0.1) is 0 Å². The van der Waals surface area contributed by atoms with Gasteiger partial charge in [-0.15, -0.1) is 0 Å². The number of methoxy groups -OCH3 is 1. The maximum atomic E-state index is 12.8. The first-order chi connectivity index (χ1) is 11.7. The molecule has 0 atom stereocenters. The van der Waals surface area contributed by atoms with Crippen LogP contribution in [0.1, 0.15) is 15.9 Å². The van der Waals surface area contributed by atoms with E-state index in [-0.39, 0.29) is 5.91 Å². The zero-order valence-electron chi connectivity index (χ0n) is 13.1. The number of anilines is 1. The van der Waals surface area contributed by atoms with Gasteiger partial charge in [0.25, 0.3) is 5.91 Å². The van der Waals surface area contributed by atoms with Gasteiger partial charge in [-0.2, -0.15) is 0 Å². The molecule has 1 aliphatic rings. The Morgan fingerprint density at radius 1 is 1.17 bits per heavy atom. The first-order valence-electron chi connectivity index (χ1n) is 7.71. The number of nitrogens with zero attached hydrogens (tertiary/aromatic N) is 2. The lowest BCUT2D eigenvalue weighted by Crippen LogP contribution is -2.29. The van der Waals surface area contributed by atoms with Gasteiger partial charge in [-0.3, -0.25) is 9.69 Å². The summed E-state index contributed by atoms with van der Waals surface area (Å²) in [4.78, 5) is 19.2. The molecule has 2 aromatic carbocycles. The van der Waals surface area contributed by atoms with Crippen LogP contribution in [-0.4, -0.2) is 24.5 Å². The molecule has 0 fully saturated rings. The van der Waals surface area contributed by atoms with Gasteiger partial charge in [0.15, 0.2) is 0 Å². The molecule has 0 saturated heterocycles. The van der Waals surface area contributed by atoms with E-state index in [1.54, 1.807) is 36.3 Å². The van der Waals surface area contributed by atoms with E-state index >= 15 is 0 Å². The fraction of sp³-hybridized carbons (Fsp3) is 0.158. The predicted molar refractivity (Wildman–Crippen MR) is 95.1 cm³/mol. The molecule has 24 heavy (non-hydrogen) atoms. The van der Waals surface area contributed by atoms with Gasteiger partial charge in [0.05, 0.1) is 12.6 Å². The van der Waals surface area contributed by atoms with Crippen molar-refractivity contribution in [3.05, 3.63) is 64.7 Å². The molecule has 2 heterocycles. The van der Waals surface area contributed by atoms with Crippen molar-refractivity contribution in [2.24, 2.45) is 0 Å². The Morgan fingerprint density at radius 3 is 2.71 bits per heavy atom. The van der Waals surface area contributed by atoms with Crippen molar-refractivity contribution < 1.29 is 9.53 Å². The summed E-state index contributed by atoms with van der Waals surface area (Å²) < 4.78 is 5.27. The average molecular weight is 339 g/mol. The number of hydrogen-bond donors (Lipinski definition) is 0. The second-order valence-corrected chi connectivity index (χ2v) is 6.18. The predicted octanol–water partition coefficient (Wildman–Crippen LogP) is 4.10. The third-order valence-electron chi connectivity index (χ3n) is 4.27. The van der Waals surface area contributed by atoms with Crippen molar-refractivity contribution in [2.75, 3.05) is 18.6 Å². The normalized spacial score (nSPS) is 13.2. The van der Waals surface area contributed by atoms with Crippen LogP contribution in [0.25, 0.3) is 10.9 Å². The quantitative estimate of drug-likeness (QED) is 0.706. The minimum Gasteiger partial charge on any atom is -0.497 e. The lowest BCUT2D eigenvalue weighted by atomic mass is 10.1. The van der Waals surface area contributed by atoms with Crippen LogP contribution in [0.2, 0.25) is 5.02 Å². The summed E-state index contributed by atoms with van der Waals surface area (Å²) in [5.41, 5.74) is 2.55. The second kappa shape index (κ2) is 5.80. The Bertz CT molecular complexity index is 938. The first kappa shape index (κ1) is 15.0. The van der Waals surface area contributed by atoms with Crippen LogP contribution in [-0.2, 0) is 6.42 Å². The number of benzene rings is 2. The van der Waals surface area contributed by atoms with Gasteiger partial charge in [0.1, 0.15) is 11.6 Å². The summed E-state index contributed by atoms with van der Waals surface area (Å²) in [7, 11) is 1.65. The number of carbonyl (C=O) groups is 1. The Kier molecular flexibility index (Phi) is 3.62. The molecule has 4 nitrogen and oxygen atoms in total. The molecular weight excluding hydrogens is 324 g/mol. The fourth-order valence-corrected chi connectivity index (χ4v) is 3.14. The summed E-state index contributed by atoms with van der Waals surface area (Å²) in [5, 5.41) is 1.64. The molecule has 120 valence electrons. The summed E-state index contributed by atoms with van der Waals surface area (Å²) in [6, 6.07) is 14.8. The Morgan fingerprint density at radius 2 is 1.96 bits per heavy atom. The van der Waals surface area contributed by atoms with E-state index in [0.717, 1.165) is 34.5 Å². The summed E-state index contributed by atoms with van der Waals surface area (Å²) in [6.07, 6.45) is 0.800. The van der Waals surface area contributed by atoms with E-state index in [1.165, 1.54) is 0 Å². The minimum absolute atomic E-state index is 0.0502. The number of carbonyl (C=O) groups excluding carboxylic acids is 1. The highest BCUT2D eigenvalue weighted by Gasteiger charge is 2.27. The number of amides is 1. The summed E-state index contributed by atoms with van der Waals surface area (Å²) in [5.74, 6) is 1.50. The summed E-state index contributed by atoms with van der Waals surface area (Å²) in [6.45, 7) is 0.636. The van der Waals surface area contributed by atoms with E-state index in [0.29, 0.717) is 17.1 Å². The largest absolute Gasteiger partial charge is 0.497 e. The van der Waals surface area contributed by atoms with E-state index in [4.69, 9.17) is 21.3 Å². The number of hydrogen-bond acceptors (Lipinski definition) is 3. The maximum absolute atomic E-state index is 12.8. The average Bonchev–Trinajstić information content (AvgIpc) is 3.02. The third kappa shape index (κ3) is 2.49. The Hall–Kier alpha value is -2.59. The number of fused-ring (bicyclic) bond motifs is 2. The van der Waals surface area contributed by atoms with Gasteiger partial charge in [-0.1, -0.05) is 11.6 Å². The number of ether oxygens (including phenoxy) is 1. The molecule has 1 aromatic heterocycles. The molecule has 0 radical (unpaired) electrons. The van der Waals surface area contributed by atoms with Crippen LogP contribution in [0.15, 0.2) is 48.5 Å². The molecule has 1 aliphatic heterocycles. The molecule has 0 aliphatic carbocycles. The minimum atomic E-state index is -0.0502. The van der Waals surface area contributed by atoms with Crippen molar-refractivity contribution in [3.63, 3.8) is 0 Å². The zero-order chi connectivity index (χ0) is 16.7. The molecule has 5 heteroatoms. The Labute approximate surface area is 144 Å². The SMILES string of the molecule is COc1ccc2nc3c(cc2c1)CCN3C(=O)c1ccc(Cl)cc1. The highest BCUT2D eigenvalue weighted by molar-refractivity contribution is 6.30. The van der Waals surface area contributed by atoms with E-state index in [1.807, 2.05) is 18.2 Å². The molecule has 4 rings (SSSR count). The van der Waals surface area contributed by atoms with Crippen molar-refractivity contribution >= 4 is 34.2 Å². The highest BCUT2D eigenvalue weighted by atomic mass is 35.5. The van der Waals surface area contributed by atoms with Crippen LogP contribution < -0.4 is 9.64 Å².